The highest BCUT2D eigenvalue weighted by atomic mass is 16.5. The molecule has 0 aromatic heterocycles. The molecule has 2 fully saturated rings. The van der Waals surface area contributed by atoms with Crippen LogP contribution < -0.4 is 5.32 Å². The van der Waals surface area contributed by atoms with Gasteiger partial charge in [-0.15, -0.1) is 0 Å². The maximum absolute atomic E-state index is 12.4. The number of hydrogen-bond donors (Lipinski definition) is 1. The molecule has 0 aromatic rings. The molecule has 0 aromatic carbocycles. The lowest BCUT2D eigenvalue weighted by Crippen LogP contribution is -2.44. The third-order valence-electron chi connectivity index (χ3n) is 4.12. The average molecular weight is 254 g/mol. The van der Waals surface area contributed by atoms with Crippen molar-refractivity contribution in [1.82, 2.24) is 10.2 Å². The van der Waals surface area contributed by atoms with Gasteiger partial charge >= 0.3 is 0 Å². The van der Waals surface area contributed by atoms with Crippen molar-refractivity contribution < 1.29 is 9.53 Å². The van der Waals surface area contributed by atoms with Gasteiger partial charge < -0.3 is 9.64 Å². The van der Waals surface area contributed by atoms with Gasteiger partial charge in [0, 0.05) is 19.8 Å². The summed E-state index contributed by atoms with van der Waals surface area (Å²) in [4.78, 5) is 14.4. The Bertz CT molecular complexity index is 288. The zero-order valence-electron chi connectivity index (χ0n) is 11.8. The number of nitrogens with zero attached hydrogens (tertiary/aromatic N) is 1. The van der Waals surface area contributed by atoms with Crippen LogP contribution in [0.1, 0.15) is 40.0 Å². The predicted octanol–water partition coefficient (Wildman–Crippen LogP) is 1.61. The zero-order valence-corrected chi connectivity index (χ0v) is 11.8. The van der Waals surface area contributed by atoms with Crippen molar-refractivity contribution in [2.24, 2.45) is 11.8 Å². The van der Waals surface area contributed by atoms with Crippen LogP contribution >= 0.6 is 0 Å². The molecule has 0 saturated carbocycles. The van der Waals surface area contributed by atoms with E-state index in [1.54, 1.807) is 0 Å². The molecular formula is C14H26N2O2. The average Bonchev–Trinajstić information content (AvgIpc) is 2.68. The lowest BCUT2D eigenvalue weighted by atomic mass is 9.98. The molecule has 2 unspecified atom stereocenters. The van der Waals surface area contributed by atoms with E-state index in [0.29, 0.717) is 17.7 Å². The Morgan fingerprint density at radius 3 is 2.61 bits per heavy atom. The lowest BCUT2D eigenvalue weighted by Gasteiger charge is -2.32. The van der Waals surface area contributed by atoms with Crippen LogP contribution in [0.5, 0.6) is 0 Å². The SMILES string of the molecule is CCC1NC(C(C)C)N(CC2CCOCC2)C1=O. The second-order valence-electron chi connectivity index (χ2n) is 5.86. The number of carbonyl (C=O) groups is 1. The van der Waals surface area contributed by atoms with Crippen molar-refractivity contribution in [2.75, 3.05) is 19.8 Å². The van der Waals surface area contributed by atoms with Crippen LogP contribution in [0.15, 0.2) is 0 Å². The fraction of sp³-hybridized carbons (Fsp3) is 0.929. The van der Waals surface area contributed by atoms with Gasteiger partial charge in [0.15, 0.2) is 0 Å². The quantitative estimate of drug-likeness (QED) is 0.828. The topological polar surface area (TPSA) is 41.6 Å². The first-order valence-electron chi connectivity index (χ1n) is 7.27. The molecule has 1 N–H and O–H groups in total. The van der Waals surface area contributed by atoms with E-state index in [9.17, 15) is 4.79 Å². The van der Waals surface area contributed by atoms with Crippen molar-refractivity contribution in [2.45, 2.75) is 52.2 Å². The molecule has 18 heavy (non-hydrogen) atoms. The van der Waals surface area contributed by atoms with Gasteiger partial charge in [0.25, 0.3) is 0 Å². The van der Waals surface area contributed by atoms with Crippen molar-refractivity contribution in [1.29, 1.82) is 0 Å². The lowest BCUT2D eigenvalue weighted by molar-refractivity contribution is -0.131. The van der Waals surface area contributed by atoms with E-state index >= 15 is 0 Å². The van der Waals surface area contributed by atoms with Gasteiger partial charge in [-0.3, -0.25) is 10.1 Å². The maximum atomic E-state index is 12.4. The van der Waals surface area contributed by atoms with Crippen LogP contribution in [0.25, 0.3) is 0 Å². The zero-order chi connectivity index (χ0) is 13.1. The minimum absolute atomic E-state index is 0.0252. The van der Waals surface area contributed by atoms with Crippen molar-refractivity contribution in [3.05, 3.63) is 0 Å². The summed E-state index contributed by atoms with van der Waals surface area (Å²) in [5, 5.41) is 3.47. The van der Waals surface area contributed by atoms with Crippen LogP contribution in [0.2, 0.25) is 0 Å². The van der Waals surface area contributed by atoms with Gasteiger partial charge in [0.2, 0.25) is 5.91 Å². The molecule has 0 spiro atoms. The number of nitrogens with one attached hydrogen (secondary N) is 1. The predicted molar refractivity (Wildman–Crippen MR) is 71.1 cm³/mol. The summed E-state index contributed by atoms with van der Waals surface area (Å²) >= 11 is 0. The van der Waals surface area contributed by atoms with E-state index in [1.807, 2.05) is 0 Å². The van der Waals surface area contributed by atoms with Crippen molar-refractivity contribution in [3.63, 3.8) is 0 Å². The second-order valence-corrected chi connectivity index (χ2v) is 5.86. The molecule has 4 nitrogen and oxygen atoms in total. The number of hydrogen-bond acceptors (Lipinski definition) is 3. The van der Waals surface area contributed by atoms with Gasteiger partial charge in [-0.25, -0.2) is 0 Å². The van der Waals surface area contributed by atoms with Gasteiger partial charge in [-0.1, -0.05) is 20.8 Å². The molecule has 0 bridgehead atoms. The smallest absolute Gasteiger partial charge is 0.241 e. The Morgan fingerprint density at radius 2 is 2.06 bits per heavy atom. The fourth-order valence-corrected chi connectivity index (χ4v) is 2.96. The molecule has 2 saturated heterocycles. The highest BCUT2D eigenvalue weighted by molar-refractivity contribution is 5.84. The Balaban J connectivity index is 2.00. The van der Waals surface area contributed by atoms with E-state index in [0.717, 1.165) is 39.0 Å². The number of amides is 1. The molecular weight excluding hydrogens is 228 g/mol. The van der Waals surface area contributed by atoms with Gasteiger partial charge in [-0.2, -0.15) is 0 Å². The molecule has 2 aliphatic heterocycles. The van der Waals surface area contributed by atoms with Gasteiger partial charge in [0.1, 0.15) is 0 Å². The summed E-state index contributed by atoms with van der Waals surface area (Å²) in [7, 11) is 0. The van der Waals surface area contributed by atoms with Crippen LogP contribution in [0, 0.1) is 11.8 Å². The maximum Gasteiger partial charge on any atom is 0.241 e. The first-order chi connectivity index (χ1) is 8.63. The molecule has 0 aliphatic carbocycles. The largest absolute Gasteiger partial charge is 0.381 e. The van der Waals surface area contributed by atoms with Crippen LogP contribution in [-0.4, -0.2) is 42.8 Å². The van der Waals surface area contributed by atoms with E-state index in [4.69, 9.17) is 4.74 Å². The third-order valence-corrected chi connectivity index (χ3v) is 4.12. The monoisotopic (exact) mass is 254 g/mol. The summed E-state index contributed by atoms with van der Waals surface area (Å²) in [5.74, 6) is 1.37. The van der Waals surface area contributed by atoms with Crippen molar-refractivity contribution in [3.8, 4) is 0 Å². The number of rotatable bonds is 4. The highest BCUT2D eigenvalue weighted by Crippen LogP contribution is 2.24. The minimum atomic E-state index is 0.0252. The second kappa shape index (κ2) is 6.02. The molecule has 1 amide bonds. The van der Waals surface area contributed by atoms with Crippen LogP contribution in [0.4, 0.5) is 0 Å². The highest BCUT2D eigenvalue weighted by Gasteiger charge is 2.39. The van der Waals surface area contributed by atoms with Gasteiger partial charge in [-0.05, 0) is 31.1 Å². The summed E-state index contributed by atoms with van der Waals surface area (Å²) in [6.07, 6.45) is 3.27. The Kier molecular flexibility index (Phi) is 4.62. The Hall–Kier alpha value is -0.610. The van der Waals surface area contributed by atoms with E-state index < -0.39 is 0 Å². The molecule has 2 rings (SSSR count). The fourth-order valence-electron chi connectivity index (χ4n) is 2.96. The summed E-state index contributed by atoms with van der Waals surface area (Å²) in [6.45, 7) is 9.03. The molecule has 4 heteroatoms. The minimum Gasteiger partial charge on any atom is -0.381 e. The number of ether oxygens (including phenoxy) is 1. The molecule has 2 aliphatic rings. The summed E-state index contributed by atoms with van der Waals surface area (Å²) in [6, 6.07) is 0.0252. The van der Waals surface area contributed by atoms with Crippen LogP contribution in [-0.2, 0) is 9.53 Å². The normalized spacial score (nSPS) is 30.4. The first-order valence-corrected chi connectivity index (χ1v) is 7.27. The third kappa shape index (κ3) is 2.86. The number of carbonyl (C=O) groups excluding carboxylic acids is 1. The molecule has 0 radical (unpaired) electrons. The van der Waals surface area contributed by atoms with E-state index in [-0.39, 0.29) is 12.2 Å². The van der Waals surface area contributed by atoms with Gasteiger partial charge in [0.05, 0.1) is 12.2 Å². The molecule has 2 heterocycles. The van der Waals surface area contributed by atoms with Crippen LogP contribution in [0.3, 0.4) is 0 Å². The Labute approximate surface area is 110 Å². The molecule has 2 atom stereocenters. The first kappa shape index (κ1) is 13.8. The molecule has 104 valence electrons. The standard InChI is InChI=1S/C14H26N2O2/c1-4-12-14(17)16(13(15-12)10(2)3)9-11-5-7-18-8-6-11/h10-13,15H,4-9H2,1-3H3. The summed E-state index contributed by atoms with van der Waals surface area (Å²) in [5.41, 5.74) is 0. The van der Waals surface area contributed by atoms with E-state index in [2.05, 4.69) is 31.0 Å². The summed E-state index contributed by atoms with van der Waals surface area (Å²) < 4.78 is 5.39. The Morgan fingerprint density at radius 1 is 1.39 bits per heavy atom. The van der Waals surface area contributed by atoms with Crippen molar-refractivity contribution >= 4 is 5.91 Å². The van der Waals surface area contributed by atoms with E-state index in [1.165, 1.54) is 0 Å².